The first-order valence-corrected chi connectivity index (χ1v) is 8.15. The van der Waals surface area contributed by atoms with Crippen molar-refractivity contribution < 1.29 is 14.1 Å². The summed E-state index contributed by atoms with van der Waals surface area (Å²) in [6.07, 6.45) is 1.55. The minimum absolute atomic E-state index is 0.0214. The number of hydrogen-bond acceptors (Lipinski definition) is 5. The van der Waals surface area contributed by atoms with E-state index in [2.05, 4.69) is 10.3 Å². The van der Waals surface area contributed by atoms with Gasteiger partial charge in [-0.1, -0.05) is 12.1 Å². The number of imidazole rings is 1. The molecule has 0 radical (unpaired) electrons. The van der Waals surface area contributed by atoms with Crippen molar-refractivity contribution in [1.29, 1.82) is 0 Å². The standard InChI is InChI=1S/C19H14N4O4/c24-18(20-13-7-9-14(10-8-13)23(25)26)12-22-16-5-2-1-4-15(16)21-19(22)17-6-3-11-27-17/h1-11H,12H2,(H,20,24). The molecule has 0 saturated carbocycles. The molecule has 0 aliphatic carbocycles. The maximum atomic E-state index is 12.5. The number of benzene rings is 2. The van der Waals surface area contributed by atoms with Crippen molar-refractivity contribution >= 4 is 28.3 Å². The second-order valence-corrected chi connectivity index (χ2v) is 5.84. The highest BCUT2D eigenvalue weighted by molar-refractivity contribution is 5.92. The molecule has 4 rings (SSSR count). The lowest BCUT2D eigenvalue weighted by atomic mass is 10.3. The van der Waals surface area contributed by atoms with Gasteiger partial charge in [0.1, 0.15) is 6.54 Å². The summed E-state index contributed by atoms with van der Waals surface area (Å²) in [7, 11) is 0. The zero-order chi connectivity index (χ0) is 18.8. The molecule has 134 valence electrons. The Labute approximate surface area is 153 Å². The van der Waals surface area contributed by atoms with Crippen LogP contribution in [0.15, 0.2) is 71.3 Å². The fraction of sp³-hybridized carbons (Fsp3) is 0.0526. The van der Waals surface area contributed by atoms with E-state index in [0.717, 1.165) is 11.0 Å². The molecule has 0 fully saturated rings. The quantitative estimate of drug-likeness (QED) is 0.429. The van der Waals surface area contributed by atoms with Crippen LogP contribution in [0.1, 0.15) is 0 Å². The number of furan rings is 1. The molecule has 1 N–H and O–H groups in total. The van der Waals surface area contributed by atoms with Gasteiger partial charge in [0.15, 0.2) is 11.6 Å². The van der Waals surface area contributed by atoms with Gasteiger partial charge >= 0.3 is 0 Å². The third kappa shape index (κ3) is 3.28. The van der Waals surface area contributed by atoms with Crippen LogP contribution in [0.4, 0.5) is 11.4 Å². The Kier molecular flexibility index (Phi) is 4.13. The summed E-state index contributed by atoms with van der Waals surface area (Å²) in [6, 6.07) is 16.7. The van der Waals surface area contributed by atoms with Crippen LogP contribution in [0.5, 0.6) is 0 Å². The van der Waals surface area contributed by atoms with E-state index in [-0.39, 0.29) is 18.1 Å². The Morgan fingerprint density at radius 1 is 1.11 bits per heavy atom. The van der Waals surface area contributed by atoms with Gasteiger partial charge in [-0.3, -0.25) is 14.9 Å². The minimum atomic E-state index is -0.487. The zero-order valence-corrected chi connectivity index (χ0v) is 14.0. The van der Waals surface area contributed by atoms with Crippen molar-refractivity contribution in [2.24, 2.45) is 0 Å². The van der Waals surface area contributed by atoms with Crippen LogP contribution in [0.25, 0.3) is 22.6 Å². The number of carbonyl (C=O) groups excluding carboxylic acids is 1. The van der Waals surface area contributed by atoms with Crippen LogP contribution in [0.2, 0.25) is 0 Å². The first-order chi connectivity index (χ1) is 13.1. The second-order valence-electron chi connectivity index (χ2n) is 5.84. The minimum Gasteiger partial charge on any atom is -0.461 e. The number of aromatic nitrogens is 2. The van der Waals surface area contributed by atoms with Crippen LogP contribution < -0.4 is 5.32 Å². The molecule has 0 spiro atoms. The molecular weight excluding hydrogens is 348 g/mol. The summed E-state index contributed by atoms with van der Waals surface area (Å²) < 4.78 is 7.22. The van der Waals surface area contributed by atoms with Crippen molar-refractivity contribution in [2.75, 3.05) is 5.32 Å². The average Bonchev–Trinajstić information content (AvgIpc) is 3.30. The lowest BCUT2D eigenvalue weighted by Gasteiger charge is -2.09. The van der Waals surface area contributed by atoms with Gasteiger partial charge in [-0.25, -0.2) is 4.98 Å². The number of nitrogens with zero attached hydrogens (tertiary/aromatic N) is 3. The Morgan fingerprint density at radius 2 is 1.89 bits per heavy atom. The monoisotopic (exact) mass is 362 g/mol. The summed E-state index contributed by atoms with van der Waals surface area (Å²) in [5, 5.41) is 13.5. The van der Waals surface area contributed by atoms with Gasteiger partial charge in [0.2, 0.25) is 5.91 Å². The molecule has 1 amide bonds. The number of fused-ring (bicyclic) bond motifs is 1. The normalized spacial score (nSPS) is 10.8. The maximum absolute atomic E-state index is 12.5. The molecule has 2 heterocycles. The van der Waals surface area contributed by atoms with E-state index in [1.54, 1.807) is 23.0 Å². The number of nitro benzene ring substituents is 1. The summed E-state index contributed by atoms with van der Waals surface area (Å²) >= 11 is 0. The highest BCUT2D eigenvalue weighted by Crippen LogP contribution is 2.25. The topological polar surface area (TPSA) is 103 Å². The molecule has 8 heteroatoms. The first-order valence-electron chi connectivity index (χ1n) is 8.15. The number of carbonyl (C=O) groups is 1. The summed E-state index contributed by atoms with van der Waals surface area (Å²) in [5.41, 5.74) is 2.01. The van der Waals surface area contributed by atoms with Crippen molar-refractivity contribution in [3.63, 3.8) is 0 Å². The highest BCUT2D eigenvalue weighted by atomic mass is 16.6. The Bertz CT molecular complexity index is 1110. The number of nitrogens with one attached hydrogen (secondary N) is 1. The predicted molar refractivity (Wildman–Crippen MR) is 99.2 cm³/mol. The molecule has 0 saturated heterocycles. The molecule has 2 aromatic carbocycles. The van der Waals surface area contributed by atoms with E-state index >= 15 is 0 Å². The predicted octanol–water partition coefficient (Wildman–Crippen LogP) is 3.84. The Balaban J connectivity index is 1.61. The fourth-order valence-electron chi connectivity index (χ4n) is 2.84. The number of nitro groups is 1. The third-order valence-electron chi connectivity index (χ3n) is 4.06. The Morgan fingerprint density at radius 3 is 2.59 bits per heavy atom. The van der Waals surface area contributed by atoms with E-state index in [0.29, 0.717) is 17.3 Å². The lowest BCUT2D eigenvalue weighted by Crippen LogP contribution is -2.19. The van der Waals surface area contributed by atoms with Gasteiger partial charge in [-0.2, -0.15) is 0 Å². The average molecular weight is 362 g/mol. The van der Waals surface area contributed by atoms with Gasteiger partial charge in [0.05, 0.1) is 22.2 Å². The first kappa shape index (κ1) is 16.5. The van der Waals surface area contributed by atoms with Crippen molar-refractivity contribution in [1.82, 2.24) is 9.55 Å². The number of non-ortho nitro benzene ring substituents is 1. The number of amides is 1. The van der Waals surface area contributed by atoms with Crippen molar-refractivity contribution in [2.45, 2.75) is 6.54 Å². The molecule has 4 aromatic rings. The summed E-state index contributed by atoms with van der Waals surface area (Å²) in [5.74, 6) is 0.842. The van der Waals surface area contributed by atoms with Gasteiger partial charge in [-0.15, -0.1) is 0 Å². The molecule has 0 atom stereocenters. The van der Waals surface area contributed by atoms with Gasteiger partial charge in [0, 0.05) is 17.8 Å². The van der Waals surface area contributed by atoms with Gasteiger partial charge in [0.25, 0.3) is 5.69 Å². The van der Waals surface area contributed by atoms with E-state index < -0.39 is 4.92 Å². The van der Waals surface area contributed by atoms with Gasteiger partial charge in [-0.05, 0) is 36.4 Å². The smallest absolute Gasteiger partial charge is 0.269 e. The fourth-order valence-corrected chi connectivity index (χ4v) is 2.84. The molecule has 0 aliphatic heterocycles. The molecular formula is C19H14N4O4. The number of rotatable bonds is 5. The zero-order valence-electron chi connectivity index (χ0n) is 14.0. The van der Waals surface area contributed by atoms with E-state index in [1.165, 1.54) is 24.3 Å². The van der Waals surface area contributed by atoms with Crippen LogP contribution in [-0.4, -0.2) is 20.4 Å². The molecule has 2 aromatic heterocycles. The van der Waals surface area contributed by atoms with Crippen molar-refractivity contribution in [3.8, 4) is 11.6 Å². The molecule has 27 heavy (non-hydrogen) atoms. The summed E-state index contributed by atoms with van der Waals surface area (Å²) in [6.45, 7) is 0.0214. The molecule has 8 nitrogen and oxygen atoms in total. The molecule has 0 aliphatic rings. The van der Waals surface area contributed by atoms with Crippen LogP contribution in [0, 0.1) is 10.1 Å². The van der Waals surface area contributed by atoms with E-state index in [4.69, 9.17) is 4.42 Å². The maximum Gasteiger partial charge on any atom is 0.269 e. The summed E-state index contributed by atoms with van der Waals surface area (Å²) in [4.78, 5) is 27.3. The van der Waals surface area contributed by atoms with Crippen LogP contribution in [0.3, 0.4) is 0 Å². The highest BCUT2D eigenvalue weighted by Gasteiger charge is 2.17. The van der Waals surface area contributed by atoms with Crippen LogP contribution in [-0.2, 0) is 11.3 Å². The SMILES string of the molecule is O=C(Cn1c(-c2ccco2)nc2ccccc21)Nc1ccc([N+](=O)[O-])cc1. The lowest BCUT2D eigenvalue weighted by molar-refractivity contribution is -0.384. The number of hydrogen-bond donors (Lipinski definition) is 1. The molecule has 0 bridgehead atoms. The second kappa shape index (κ2) is 6.75. The molecule has 0 unspecified atom stereocenters. The number of anilines is 1. The van der Waals surface area contributed by atoms with Crippen LogP contribution >= 0.6 is 0 Å². The van der Waals surface area contributed by atoms with E-state index in [9.17, 15) is 14.9 Å². The third-order valence-corrected chi connectivity index (χ3v) is 4.06. The largest absolute Gasteiger partial charge is 0.461 e. The number of para-hydroxylation sites is 2. The van der Waals surface area contributed by atoms with E-state index in [1.807, 2.05) is 24.3 Å². The van der Waals surface area contributed by atoms with Gasteiger partial charge < -0.3 is 14.3 Å². The van der Waals surface area contributed by atoms with Crippen molar-refractivity contribution in [3.05, 3.63) is 77.0 Å². The Hall–Kier alpha value is -3.94.